The van der Waals surface area contributed by atoms with Crippen molar-refractivity contribution in [1.82, 2.24) is 4.98 Å². The van der Waals surface area contributed by atoms with Crippen LogP contribution in [0, 0.1) is 18.4 Å². The summed E-state index contributed by atoms with van der Waals surface area (Å²) < 4.78 is 0. The highest BCUT2D eigenvalue weighted by Gasteiger charge is 2.16. The minimum atomic E-state index is 0.694. The molecule has 3 aromatic rings. The molecular formula is C17H13N3S. The number of benzene rings is 2. The maximum atomic E-state index is 9.45. The summed E-state index contributed by atoms with van der Waals surface area (Å²) in [7, 11) is 0. The van der Waals surface area contributed by atoms with Crippen LogP contribution >= 0.6 is 11.3 Å². The van der Waals surface area contributed by atoms with Gasteiger partial charge in [-0.1, -0.05) is 48.5 Å². The van der Waals surface area contributed by atoms with E-state index < -0.39 is 0 Å². The van der Waals surface area contributed by atoms with Gasteiger partial charge in [0, 0.05) is 10.4 Å². The summed E-state index contributed by atoms with van der Waals surface area (Å²) in [6.07, 6.45) is 2.21. The second-order valence-electron chi connectivity index (χ2n) is 4.54. The second-order valence-corrected chi connectivity index (χ2v) is 5.72. The Balaban J connectivity index is 2.03. The van der Waals surface area contributed by atoms with Crippen LogP contribution in [0.3, 0.4) is 0 Å². The number of hydrogen-bond donors (Lipinski definition) is 0. The normalized spacial score (nSPS) is 10.1. The van der Waals surface area contributed by atoms with E-state index in [0.29, 0.717) is 5.13 Å². The zero-order valence-electron chi connectivity index (χ0n) is 11.5. The van der Waals surface area contributed by atoms with E-state index in [0.717, 1.165) is 21.8 Å². The van der Waals surface area contributed by atoms with Crippen molar-refractivity contribution in [3.63, 3.8) is 0 Å². The van der Waals surface area contributed by atoms with E-state index in [1.165, 1.54) is 11.3 Å². The molecule has 3 rings (SSSR count). The molecule has 0 amide bonds. The fourth-order valence-electron chi connectivity index (χ4n) is 2.13. The van der Waals surface area contributed by atoms with Gasteiger partial charge in [-0.05, 0) is 19.1 Å². The van der Waals surface area contributed by atoms with E-state index in [9.17, 15) is 5.26 Å². The Morgan fingerprint density at radius 2 is 1.62 bits per heavy atom. The third-order valence-corrected chi connectivity index (χ3v) is 4.09. The molecule has 0 aliphatic heterocycles. The van der Waals surface area contributed by atoms with E-state index >= 15 is 0 Å². The first-order valence-electron chi connectivity index (χ1n) is 6.57. The lowest BCUT2D eigenvalue weighted by Crippen LogP contribution is -2.07. The Bertz CT molecular complexity index is 773. The van der Waals surface area contributed by atoms with Crippen molar-refractivity contribution in [2.45, 2.75) is 6.92 Å². The maximum absolute atomic E-state index is 9.45. The molecule has 3 nitrogen and oxygen atoms in total. The van der Waals surface area contributed by atoms with Crippen molar-refractivity contribution in [2.75, 3.05) is 4.90 Å². The molecule has 1 heterocycles. The van der Waals surface area contributed by atoms with Gasteiger partial charge in [0.05, 0.1) is 11.4 Å². The number of nitrogens with zero attached hydrogens (tertiary/aromatic N) is 3. The average molecular weight is 291 g/mol. The lowest BCUT2D eigenvalue weighted by molar-refractivity contribution is 1.23. The number of hydrogen-bond acceptors (Lipinski definition) is 4. The van der Waals surface area contributed by atoms with Gasteiger partial charge in [-0.2, -0.15) is 5.26 Å². The van der Waals surface area contributed by atoms with Gasteiger partial charge in [0.2, 0.25) is 5.13 Å². The van der Waals surface area contributed by atoms with Crippen LogP contribution in [0.5, 0.6) is 0 Å². The van der Waals surface area contributed by atoms with E-state index in [-0.39, 0.29) is 0 Å². The topological polar surface area (TPSA) is 39.9 Å². The van der Waals surface area contributed by atoms with Gasteiger partial charge in [0.15, 0.2) is 6.19 Å². The molecule has 0 N–H and O–H groups in total. The van der Waals surface area contributed by atoms with Gasteiger partial charge in [0.1, 0.15) is 0 Å². The SMILES string of the molecule is Cc1sc(N(C#N)c2ccccc2)nc1-c1ccccc1. The van der Waals surface area contributed by atoms with Crippen LogP contribution in [-0.2, 0) is 0 Å². The molecule has 0 fully saturated rings. The summed E-state index contributed by atoms with van der Waals surface area (Å²) in [6, 6.07) is 19.6. The zero-order valence-corrected chi connectivity index (χ0v) is 12.3. The van der Waals surface area contributed by atoms with Gasteiger partial charge in [0.25, 0.3) is 0 Å². The first-order valence-corrected chi connectivity index (χ1v) is 7.39. The highest BCUT2D eigenvalue weighted by atomic mass is 32.1. The molecule has 21 heavy (non-hydrogen) atoms. The van der Waals surface area contributed by atoms with Crippen molar-refractivity contribution < 1.29 is 0 Å². The predicted octanol–water partition coefficient (Wildman–Crippen LogP) is 4.74. The summed E-state index contributed by atoms with van der Waals surface area (Å²) in [5, 5.41) is 10.1. The van der Waals surface area contributed by atoms with Crippen molar-refractivity contribution in [2.24, 2.45) is 0 Å². The first-order chi connectivity index (χ1) is 10.3. The second kappa shape index (κ2) is 5.78. The molecule has 102 valence electrons. The zero-order chi connectivity index (χ0) is 14.7. The van der Waals surface area contributed by atoms with Crippen LogP contribution in [0.25, 0.3) is 11.3 Å². The van der Waals surface area contributed by atoms with Gasteiger partial charge < -0.3 is 0 Å². The lowest BCUT2D eigenvalue weighted by atomic mass is 10.1. The molecule has 0 radical (unpaired) electrons. The van der Waals surface area contributed by atoms with Crippen LogP contribution in [0.15, 0.2) is 60.7 Å². The molecule has 0 aliphatic carbocycles. The van der Waals surface area contributed by atoms with Crippen molar-refractivity contribution in [3.8, 4) is 17.5 Å². The van der Waals surface area contributed by atoms with Crippen LogP contribution in [-0.4, -0.2) is 4.98 Å². The third kappa shape index (κ3) is 2.64. The molecule has 1 aromatic heterocycles. The number of nitriles is 1. The number of anilines is 2. The molecule has 0 saturated carbocycles. The summed E-state index contributed by atoms with van der Waals surface area (Å²) in [5.74, 6) is 0. The smallest absolute Gasteiger partial charge is 0.204 e. The molecule has 0 spiro atoms. The lowest BCUT2D eigenvalue weighted by Gasteiger charge is -2.11. The Kier molecular flexibility index (Phi) is 3.67. The standard InChI is InChI=1S/C17H13N3S/c1-13-16(14-8-4-2-5-9-14)19-17(21-13)20(12-18)15-10-6-3-7-11-15/h2-11H,1H3. The Labute approximate surface area is 127 Å². The van der Waals surface area contributed by atoms with Crippen molar-refractivity contribution in [3.05, 3.63) is 65.5 Å². The van der Waals surface area contributed by atoms with Crippen LogP contribution in [0.2, 0.25) is 0 Å². The number of rotatable bonds is 3. The minimum Gasteiger partial charge on any atom is -0.222 e. The van der Waals surface area contributed by atoms with Crippen LogP contribution in [0.4, 0.5) is 10.8 Å². The Morgan fingerprint density at radius 3 is 2.24 bits per heavy atom. The summed E-state index contributed by atoms with van der Waals surface area (Å²) in [4.78, 5) is 7.31. The molecule has 0 bridgehead atoms. The van der Waals surface area contributed by atoms with E-state index in [2.05, 4.69) is 11.2 Å². The molecular weight excluding hydrogens is 278 g/mol. The fourth-order valence-corrected chi connectivity index (χ4v) is 3.04. The molecule has 4 heteroatoms. The molecule has 0 unspecified atom stereocenters. The fraction of sp³-hybridized carbons (Fsp3) is 0.0588. The van der Waals surface area contributed by atoms with Gasteiger partial charge >= 0.3 is 0 Å². The van der Waals surface area contributed by atoms with E-state index in [4.69, 9.17) is 0 Å². The first kappa shape index (κ1) is 13.3. The number of aromatic nitrogens is 1. The van der Waals surface area contributed by atoms with Gasteiger partial charge in [-0.3, -0.25) is 0 Å². The minimum absolute atomic E-state index is 0.694. The quantitative estimate of drug-likeness (QED) is 0.517. The maximum Gasteiger partial charge on any atom is 0.204 e. The number of aryl methyl sites for hydroxylation is 1. The molecule has 0 saturated heterocycles. The third-order valence-electron chi connectivity index (χ3n) is 3.14. The average Bonchev–Trinajstić information content (AvgIpc) is 2.92. The van der Waals surface area contributed by atoms with Crippen molar-refractivity contribution in [1.29, 1.82) is 5.26 Å². The summed E-state index contributed by atoms with van der Waals surface area (Å²) >= 11 is 1.53. The van der Waals surface area contributed by atoms with E-state index in [1.54, 1.807) is 4.90 Å². The van der Waals surface area contributed by atoms with E-state index in [1.807, 2.05) is 67.6 Å². The number of thiazole rings is 1. The largest absolute Gasteiger partial charge is 0.222 e. The molecule has 0 atom stereocenters. The monoisotopic (exact) mass is 291 g/mol. The van der Waals surface area contributed by atoms with Crippen LogP contribution < -0.4 is 4.90 Å². The highest BCUT2D eigenvalue weighted by Crippen LogP contribution is 2.35. The van der Waals surface area contributed by atoms with Crippen LogP contribution in [0.1, 0.15) is 4.88 Å². The summed E-state index contributed by atoms with van der Waals surface area (Å²) in [5.41, 5.74) is 2.84. The Morgan fingerprint density at radius 1 is 1.00 bits per heavy atom. The predicted molar refractivity (Wildman–Crippen MR) is 86.5 cm³/mol. The summed E-state index contributed by atoms with van der Waals surface area (Å²) in [6.45, 7) is 2.03. The molecule has 2 aromatic carbocycles. The Hall–Kier alpha value is -2.64. The van der Waals surface area contributed by atoms with Crippen molar-refractivity contribution >= 4 is 22.2 Å². The molecule has 0 aliphatic rings. The van der Waals surface area contributed by atoms with Gasteiger partial charge in [-0.15, -0.1) is 11.3 Å². The van der Waals surface area contributed by atoms with Gasteiger partial charge in [-0.25, -0.2) is 9.88 Å². The highest BCUT2D eigenvalue weighted by molar-refractivity contribution is 7.16. The number of para-hydroxylation sites is 1.